The predicted molar refractivity (Wildman–Crippen MR) is 110 cm³/mol. The summed E-state index contributed by atoms with van der Waals surface area (Å²) in [6.45, 7) is 5.76. The lowest BCUT2D eigenvalue weighted by atomic mass is 9.44. The number of nitrogens with zero attached hydrogens (tertiary/aromatic N) is 1. The van der Waals surface area contributed by atoms with Gasteiger partial charge in [-0.25, -0.2) is 0 Å². The van der Waals surface area contributed by atoms with E-state index in [1.807, 2.05) is 0 Å². The quantitative estimate of drug-likeness (QED) is 0.331. The van der Waals surface area contributed by atoms with Crippen molar-refractivity contribution in [1.82, 2.24) is 0 Å². The summed E-state index contributed by atoms with van der Waals surface area (Å²) in [7, 11) is 0. The second kappa shape index (κ2) is 7.44. The van der Waals surface area contributed by atoms with Crippen molar-refractivity contribution in [2.45, 2.75) is 83.5 Å². The van der Waals surface area contributed by atoms with E-state index >= 15 is 0 Å². The lowest BCUT2D eigenvalue weighted by Crippen LogP contribution is -2.58. The van der Waals surface area contributed by atoms with Gasteiger partial charge in [0.25, 0.3) is 0 Å². The fourth-order valence-electron chi connectivity index (χ4n) is 7.78. The molecule has 28 heavy (non-hydrogen) atoms. The molecule has 0 heterocycles. The fourth-order valence-corrected chi connectivity index (χ4v) is 7.78. The Bertz CT molecular complexity index is 610. The predicted octanol–water partition coefficient (Wildman–Crippen LogP) is 2.02. The summed E-state index contributed by atoms with van der Waals surface area (Å²) in [5.41, 5.74) is 11.0. The van der Waals surface area contributed by atoms with E-state index in [9.17, 15) is 10.2 Å². The zero-order chi connectivity index (χ0) is 20.1. The Labute approximate surface area is 169 Å². The molecule has 0 spiro atoms. The molecule has 0 aromatic heterocycles. The highest BCUT2D eigenvalue weighted by atomic mass is 16.5. The molecule has 9 atom stereocenters. The first-order valence-electron chi connectivity index (χ1n) is 11.3. The minimum atomic E-state index is -0.254. The van der Waals surface area contributed by atoms with Gasteiger partial charge >= 0.3 is 0 Å². The third-order valence-electron chi connectivity index (χ3n) is 9.32. The number of aliphatic hydroxyl groups is 2. The van der Waals surface area contributed by atoms with Gasteiger partial charge in [-0.3, -0.25) is 4.99 Å². The Morgan fingerprint density at radius 1 is 0.964 bits per heavy atom. The van der Waals surface area contributed by atoms with Gasteiger partial charge in [-0.15, -0.1) is 0 Å². The first kappa shape index (κ1) is 20.4. The highest BCUT2D eigenvalue weighted by Gasteiger charge is 2.62. The smallest absolute Gasteiger partial charge is 0.185 e. The van der Waals surface area contributed by atoms with Gasteiger partial charge in [0, 0.05) is 0 Å². The van der Waals surface area contributed by atoms with Crippen LogP contribution < -0.4 is 11.5 Å². The number of aliphatic imine (C=N–C) groups is 1. The largest absolute Gasteiger partial charge is 0.393 e. The highest BCUT2D eigenvalue weighted by Crippen LogP contribution is 2.66. The maximum Gasteiger partial charge on any atom is 0.185 e. The summed E-state index contributed by atoms with van der Waals surface area (Å²) in [5.74, 6) is 2.22. The number of nitrogens with two attached hydrogens (primary N) is 2. The molecule has 4 aliphatic rings. The van der Waals surface area contributed by atoms with E-state index in [-0.39, 0.29) is 35.1 Å². The van der Waals surface area contributed by atoms with Crippen molar-refractivity contribution in [2.75, 3.05) is 13.2 Å². The minimum absolute atomic E-state index is 0.0652. The van der Waals surface area contributed by atoms with Crippen LogP contribution in [-0.2, 0) is 4.74 Å². The molecule has 0 aromatic rings. The molecule has 4 fully saturated rings. The second-order valence-corrected chi connectivity index (χ2v) is 10.5. The normalized spacial score (nSPS) is 50.4. The van der Waals surface area contributed by atoms with Crippen molar-refractivity contribution in [2.24, 2.45) is 51.0 Å². The van der Waals surface area contributed by atoms with Gasteiger partial charge in [-0.1, -0.05) is 13.8 Å². The topological polar surface area (TPSA) is 114 Å². The summed E-state index contributed by atoms with van der Waals surface area (Å²) < 4.78 is 6.05. The minimum Gasteiger partial charge on any atom is -0.393 e. The molecule has 0 bridgehead atoms. The van der Waals surface area contributed by atoms with Crippen molar-refractivity contribution >= 4 is 5.96 Å². The number of aliphatic hydroxyl groups excluding tert-OH is 2. The molecule has 4 saturated carbocycles. The summed E-state index contributed by atoms with van der Waals surface area (Å²) in [6.07, 6.45) is 8.19. The lowest BCUT2D eigenvalue weighted by molar-refractivity contribution is -0.179. The maximum absolute atomic E-state index is 11.2. The van der Waals surface area contributed by atoms with Crippen LogP contribution in [0.4, 0.5) is 0 Å². The number of hydrogen-bond acceptors (Lipinski definition) is 4. The summed E-state index contributed by atoms with van der Waals surface area (Å²) >= 11 is 0. The van der Waals surface area contributed by atoms with Gasteiger partial charge in [0.1, 0.15) is 0 Å². The molecule has 0 amide bonds. The second-order valence-electron chi connectivity index (χ2n) is 10.5. The van der Waals surface area contributed by atoms with E-state index in [1.54, 1.807) is 0 Å². The number of rotatable bonds is 4. The van der Waals surface area contributed by atoms with Crippen molar-refractivity contribution in [3.05, 3.63) is 0 Å². The van der Waals surface area contributed by atoms with Gasteiger partial charge in [-0.2, -0.15) is 0 Å². The Balaban J connectivity index is 1.45. The van der Waals surface area contributed by atoms with Crippen LogP contribution in [0.5, 0.6) is 0 Å². The zero-order valence-corrected chi connectivity index (χ0v) is 17.5. The maximum atomic E-state index is 11.2. The van der Waals surface area contributed by atoms with Crippen LogP contribution >= 0.6 is 0 Å². The van der Waals surface area contributed by atoms with Crippen LogP contribution in [0.15, 0.2) is 4.99 Å². The van der Waals surface area contributed by atoms with Gasteiger partial charge in [0.15, 0.2) is 5.96 Å². The van der Waals surface area contributed by atoms with Crippen molar-refractivity contribution in [3.63, 3.8) is 0 Å². The third kappa shape index (κ3) is 3.25. The molecule has 4 rings (SSSR count). The highest BCUT2D eigenvalue weighted by molar-refractivity contribution is 5.75. The molecule has 0 aliphatic heterocycles. The first-order valence-corrected chi connectivity index (χ1v) is 11.3. The lowest BCUT2D eigenvalue weighted by Gasteiger charge is -2.62. The molecule has 0 radical (unpaired) electrons. The van der Waals surface area contributed by atoms with Crippen LogP contribution in [-0.4, -0.2) is 47.6 Å². The Hall–Kier alpha value is -0.850. The molecule has 0 aromatic carbocycles. The van der Waals surface area contributed by atoms with E-state index in [2.05, 4.69) is 18.8 Å². The summed E-state index contributed by atoms with van der Waals surface area (Å²) in [4.78, 5) is 3.99. The molecular formula is C22H39N3O3. The monoisotopic (exact) mass is 393 g/mol. The van der Waals surface area contributed by atoms with Gasteiger partial charge < -0.3 is 26.4 Å². The Morgan fingerprint density at radius 2 is 1.68 bits per heavy atom. The standard InChI is InChI=1S/C22H39N3O3/c1-21-7-5-13(28-10-9-25-20(23)24)11-17(21)18(26)12-14-15-3-4-19(27)22(15,2)8-6-16(14)21/h13-19,26-27H,3-12H2,1-2H3,(H4,23,24,25)/t13-,14-,15-,16-,17+,18+,19-,21+,22-/m0/s1. The van der Waals surface area contributed by atoms with Crippen LogP contribution in [0.1, 0.15) is 65.2 Å². The SMILES string of the molecule is C[C@]12CC[C@H](OCCN=C(N)N)C[C@@H]1[C@H](O)C[C@@H]1[C@@H]2CC[C@]2(C)[C@@H](O)CC[C@@H]12. The summed E-state index contributed by atoms with van der Waals surface area (Å²) in [5, 5.41) is 21.8. The number of fused-ring (bicyclic) bond motifs is 5. The molecule has 6 nitrogen and oxygen atoms in total. The van der Waals surface area contributed by atoms with Gasteiger partial charge in [0.05, 0.1) is 31.5 Å². The van der Waals surface area contributed by atoms with Crippen molar-refractivity contribution in [3.8, 4) is 0 Å². The van der Waals surface area contributed by atoms with Crippen molar-refractivity contribution in [1.29, 1.82) is 0 Å². The molecular weight excluding hydrogens is 354 g/mol. The average molecular weight is 394 g/mol. The molecule has 0 unspecified atom stereocenters. The number of guanidine groups is 1. The molecule has 6 N–H and O–H groups in total. The van der Waals surface area contributed by atoms with E-state index in [1.165, 1.54) is 6.42 Å². The Kier molecular flexibility index (Phi) is 5.43. The van der Waals surface area contributed by atoms with E-state index in [0.29, 0.717) is 36.8 Å². The van der Waals surface area contributed by atoms with Gasteiger partial charge in [-0.05, 0) is 85.9 Å². The molecule has 6 heteroatoms. The fraction of sp³-hybridized carbons (Fsp3) is 0.955. The Morgan fingerprint density at radius 3 is 2.43 bits per heavy atom. The van der Waals surface area contributed by atoms with Crippen LogP contribution in [0.2, 0.25) is 0 Å². The molecule has 4 aliphatic carbocycles. The van der Waals surface area contributed by atoms with E-state index < -0.39 is 0 Å². The number of hydrogen-bond donors (Lipinski definition) is 4. The van der Waals surface area contributed by atoms with Crippen molar-refractivity contribution < 1.29 is 14.9 Å². The van der Waals surface area contributed by atoms with E-state index in [4.69, 9.17) is 16.2 Å². The summed E-state index contributed by atoms with van der Waals surface area (Å²) in [6, 6.07) is 0. The van der Waals surface area contributed by atoms with E-state index in [0.717, 1.165) is 44.9 Å². The molecule has 0 saturated heterocycles. The average Bonchev–Trinajstić information content (AvgIpc) is 2.95. The van der Waals surface area contributed by atoms with Gasteiger partial charge in [0.2, 0.25) is 0 Å². The molecule has 160 valence electrons. The van der Waals surface area contributed by atoms with Crippen LogP contribution in [0, 0.1) is 34.5 Å². The van der Waals surface area contributed by atoms with Crippen LogP contribution in [0.3, 0.4) is 0 Å². The number of ether oxygens (including phenoxy) is 1. The third-order valence-corrected chi connectivity index (χ3v) is 9.32. The van der Waals surface area contributed by atoms with Crippen LogP contribution in [0.25, 0.3) is 0 Å². The first-order chi connectivity index (χ1) is 13.3. The zero-order valence-electron chi connectivity index (χ0n) is 17.5.